The molecule has 0 spiro atoms. The number of hydrogen-bond acceptors (Lipinski definition) is 3. The summed E-state index contributed by atoms with van der Waals surface area (Å²) in [6.45, 7) is 0. The van der Waals surface area contributed by atoms with Gasteiger partial charge in [0.25, 0.3) is 5.91 Å². The van der Waals surface area contributed by atoms with Gasteiger partial charge < -0.3 is 14.6 Å². The van der Waals surface area contributed by atoms with Crippen molar-refractivity contribution in [3.63, 3.8) is 0 Å². The number of benzene rings is 2. The van der Waals surface area contributed by atoms with Crippen molar-refractivity contribution in [1.29, 1.82) is 0 Å². The van der Waals surface area contributed by atoms with E-state index in [9.17, 15) is 4.79 Å². The summed E-state index contributed by atoms with van der Waals surface area (Å²) in [5, 5.41) is 2.86. The highest BCUT2D eigenvalue weighted by atomic mass is 16.5. The summed E-state index contributed by atoms with van der Waals surface area (Å²) in [6, 6.07) is 14.5. The van der Waals surface area contributed by atoms with Gasteiger partial charge in [0.05, 0.1) is 13.4 Å². The topological polar surface area (TPSA) is 56.1 Å². The first-order valence-electron chi connectivity index (χ1n) is 6.80. The van der Waals surface area contributed by atoms with E-state index >= 15 is 0 Å². The van der Waals surface area contributed by atoms with E-state index in [-0.39, 0.29) is 5.91 Å². The maximum atomic E-state index is 12.2. The average molecular weight is 293 g/mol. The van der Waals surface area contributed by atoms with E-state index in [0.29, 0.717) is 5.56 Å². The Labute approximate surface area is 128 Å². The van der Waals surface area contributed by atoms with Crippen LogP contribution in [0.15, 0.2) is 67.3 Å². The Balaban J connectivity index is 1.71. The maximum Gasteiger partial charge on any atom is 0.255 e. The molecule has 0 saturated heterocycles. The zero-order valence-corrected chi connectivity index (χ0v) is 12.1. The van der Waals surface area contributed by atoms with Crippen molar-refractivity contribution in [3.05, 3.63) is 72.8 Å². The Morgan fingerprint density at radius 3 is 2.41 bits per heavy atom. The average Bonchev–Trinajstić information content (AvgIpc) is 3.10. The number of imidazole rings is 1. The molecule has 1 aromatic heterocycles. The first-order chi connectivity index (χ1) is 10.8. The van der Waals surface area contributed by atoms with E-state index in [4.69, 9.17) is 4.74 Å². The summed E-state index contributed by atoms with van der Waals surface area (Å²) in [5.41, 5.74) is 2.31. The molecule has 0 radical (unpaired) electrons. The van der Waals surface area contributed by atoms with Crippen LogP contribution in [0.5, 0.6) is 5.75 Å². The molecular weight excluding hydrogens is 278 g/mol. The molecule has 1 heterocycles. The molecule has 0 saturated carbocycles. The van der Waals surface area contributed by atoms with Gasteiger partial charge in [0.15, 0.2) is 0 Å². The van der Waals surface area contributed by atoms with Gasteiger partial charge in [0.2, 0.25) is 0 Å². The molecule has 5 heteroatoms. The third-order valence-corrected chi connectivity index (χ3v) is 3.28. The lowest BCUT2D eigenvalue weighted by Crippen LogP contribution is -2.11. The number of ether oxygens (including phenoxy) is 1. The molecule has 5 nitrogen and oxygen atoms in total. The Kier molecular flexibility index (Phi) is 3.87. The summed E-state index contributed by atoms with van der Waals surface area (Å²) in [4.78, 5) is 16.2. The molecule has 2 aromatic carbocycles. The molecule has 0 aliphatic carbocycles. The third-order valence-electron chi connectivity index (χ3n) is 3.28. The van der Waals surface area contributed by atoms with Crippen LogP contribution in [0, 0.1) is 0 Å². The van der Waals surface area contributed by atoms with E-state index in [1.165, 1.54) is 0 Å². The molecule has 0 aliphatic rings. The van der Waals surface area contributed by atoms with Gasteiger partial charge in [-0.2, -0.15) is 0 Å². The molecule has 0 bridgehead atoms. The number of hydrogen-bond donors (Lipinski definition) is 1. The highest BCUT2D eigenvalue weighted by molar-refractivity contribution is 6.04. The second kappa shape index (κ2) is 6.13. The normalized spacial score (nSPS) is 10.2. The fourth-order valence-corrected chi connectivity index (χ4v) is 2.07. The molecule has 1 amide bonds. The van der Waals surface area contributed by atoms with Crippen LogP contribution in [0.1, 0.15) is 10.4 Å². The molecule has 22 heavy (non-hydrogen) atoms. The van der Waals surface area contributed by atoms with E-state index in [0.717, 1.165) is 17.1 Å². The molecule has 0 unspecified atom stereocenters. The zero-order chi connectivity index (χ0) is 15.4. The molecule has 0 aliphatic heterocycles. The van der Waals surface area contributed by atoms with Crippen LogP contribution in [0.2, 0.25) is 0 Å². The predicted molar refractivity (Wildman–Crippen MR) is 84.5 cm³/mol. The van der Waals surface area contributed by atoms with E-state index in [1.807, 2.05) is 35.0 Å². The third kappa shape index (κ3) is 2.98. The number of nitrogens with one attached hydrogen (secondary N) is 1. The molecule has 1 N–H and O–H groups in total. The van der Waals surface area contributed by atoms with Crippen LogP contribution in [0.4, 0.5) is 5.69 Å². The van der Waals surface area contributed by atoms with Crippen LogP contribution in [-0.4, -0.2) is 22.6 Å². The number of carbonyl (C=O) groups excluding carboxylic acids is 1. The molecule has 110 valence electrons. The second-order valence-corrected chi connectivity index (χ2v) is 4.70. The maximum absolute atomic E-state index is 12.2. The second-order valence-electron chi connectivity index (χ2n) is 4.70. The van der Waals surface area contributed by atoms with Gasteiger partial charge in [0.1, 0.15) is 5.75 Å². The standard InChI is InChI=1S/C17H15N3O2/c1-22-16-8-2-13(3-9-16)17(21)19-14-4-6-15(7-5-14)20-11-10-18-12-20/h2-12H,1H3,(H,19,21). The van der Waals surface area contributed by atoms with Gasteiger partial charge in [-0.15, -0.1) is 0 Å². The Hall–Kier alpha value is -3.08. The van der Waals surface area contributed by atoms with Crippen molar-refractivity contribution in [1.82, 2.24) is 9.55 Å². The lowest BCUT2D eigenvalue weighted by molar-refractivity contribution is 0.102. The summed E-state index contributed by atoms with van der Waals surface area (Å²) in [6.07, 6.45) is 5.31. The van der Waals surface area contributed by atoms with Crippen LogP contribution in [0.3, 0.4) is 0 Å². The number of aromatic nitrogens is 2. The number of rotatable bonds is 4. The molecule has 0 atom stereocenters. The molecule has 3 aromatic rings. The highest BCUT2D eigenvalue weighted by Gasteiger charge is 2.06. The molecule has 3 rings (SSSR count). The molecular formula is C17H15N3O2. The predicted octanol–water partition coefficient (Wildman–Crippen LogP) is 3.13. The van der Waals surface area contributed by atoms with Crippen LogP contribution in [0.25, 0.3) is 5.69 Å². The monoisotopic (exact) mass is 293 g/mol. The highest BCUT2D eigenvalue weighted by Crippen LogP contribution is 2.16. The minimum atomic E-state index is -0.155. The first-order valence-corrected chi connectivity index (χ1v) is 6.80. The number of methoxy groups -OCH3 is 1. The van der Waals surface area contributed by atoms with Gasteiger partial charge in [-0.05, 0) is 48.5 Å². The van der Waals surface area contributed by atoms with Crippen molar-refractivity contribution in [2.24, 2.45) is 0 Å². The number of anilines is 1. The van der Waals surface area contributed by atoms with Crippen molar-refractivity contribution < 1.29 is 9.53 Å². The summed E-state index contributed by atoms with van der Waals surface area (Å²) < 4.78 is 6.97. The largest absolute Gasteiger partial charge is 0.497 e. The van der Waals surface area contributed by atoms with E-state index in [2.05, 4.69) is 10.3 Å². The fraction of sp³-hybridized carbons (Fsp3) is 0.0588. The van der Waals surface area contributed by atoms with Crippen LogP contribution in [-0.2, 0) is 0 Å². The lowest BCUT2D eigenvalue weighted by atomic mass is 10.2. The van der Waals surface area contributed by atoms with Crippen molar-refractivity contribution in [2.45, 2.75) is 0 Å². The summed E-state index contributed by atoms with van der Waals surface area (Å²) in [5.74, 6) is 0.569. The number of amides is 1. The summed E-state index contributed by atoms with van der Waals surface area (Å²) in [7, 11) is 1.59. The SMILES string of the molecule is COc1ccc(C(=O)Nc2ccc(-n3ccnc3)cc2)cc1. The van der Waals surface area contributed by atoms with Gasteiger partial charge in [-0.3, -0.25) is 4.79 Å². The Morgan fingerprint density at radius 1 is 1.09 bits per heavy atom. The van der Waals surface area contributed by atoms with Gasteiger partial charge in [-0.25, -0.2) is 4.98 Å². The van der Waals surface area contributed by atoms with Crippen molar-refractivity contribution >= 4 is 11.6 Å². The van der Waals surface area contributed by atoms with Crippen molar-refractivity contribution in [2.75, 3.05) is 12.4 Å². The molecule has 0 fully saturated rings. The van der Waals surface area contributed by atoms with Gasteiger partial charge >= 0.3 is 0 Å². The van der Waals surface area contributed by atoms with Crippen molar-refractivity contribution in [3.8, 4) is 11.4 Å². The lowest BCUT2D eigenvalue weighted by Gasteiger charge is -2.07. The van der Waals surface area contributed by atoms with Gasteiger partial charge in [-0.1, -0.05) is 0 Å². The van der Waals surface area contributed by atoms with Gasteiger partial charge in [0, 0.05) is 29.3 Å². The zero-order valence-electron chi connectivity index (χ0n) is 12.1. The Bertz CT molecular complexity index is 748. The fourth-order valence-electron chi connectivity index (χ4n) is 2.07. The number of nitrogens with zero attached hydrogens (tertiary/aromatic N) is 2. The smallest absolute Gasteiger partial charge is 0.255 e. The van der Waals surface area contributed by atoms with E-state index < -0.39 is 0 Å². The Morgan fingerprint density at radius 2 is 1.82 bits per heavy atom. The summed E-state index contributed by atoms with van der Waals surface area (Å²) >= 11 is 0. The quantitative estimate of drug-likeness (QED) is 0.804. The van der Waals surface area contributed by atoms with Crippen LogP contribution < -0.4 is 10.1 Å². The van der Waals surface area contributed by atoms with Crippen LogP contribution >= 0.6 is 0 Å². The minimum absolute atomic E-state index is 0.155. The van der Waals surface area contributed by atoms with E-state index in [1.54, 1.807) is 43.9 Å². The minimum Gasteiger partial charge on any atom is -0.497 e. The number of carbonyl (C=O) groups is 1. The first kappa shape index (κ1) is 13.9.